The molecule has 162 valence electrons. The zero-order valence-corrected chi connectivity index (χ0v) is 17.7. The lowest BCUT2D eigenvalue weighted by Gasteiger charge is -2.27. The minimum Gasteiger partial charge on any atom is -0.464 e. The number of hydrogen-bond acceptors (Lipinski definition) is 5. The quantitative estimate of drug-likeness (QED) is 0.721. The van der Waals surface area contributed by atoms with Crippen LogP contribution in [0.3, 0.4) is 0 Å². The van der Waals surface area contributed by atoms with E-state index in [0.717, 1.165) is 17.0 Å². The number of hydrogen-bond donors (Lipinski definition) is 1. The van der Waals surface area contributed by atoms with E-state index in [1.165, 1.54) is 0 Å². The highest BCUT2D eigenvalue weighted by atomic mass is 16.5. The Morgan fingerprint density at radius 1 is 1.26 bits per heavy atom. The Kier molecular flexibility index (Phi) is 4.75. The average molecular weight is 422 g/mol. The highest BCUT2D eigenvalue weighted by Gasteiger charge is 2.67. The third-order valence-corrected chi connectivity index (χ3v) is 6.60. The molecule has 31 heavy (non-hydrogen) atoms. The SMILES string of the molecule is Cc1ccc(CN(C)C(=O)C2C3C(=O)N(c4ccc(CCO)cc4)C[C@]34C=C[C@H]2O4)o1. The van der Waals surface area contributed by atoms with E-state index in [9.17, 15) is 9.59 Å². The monoisotopic (exact) mass is 422 g/mol. The molecule has 7 heteroatoms. The number of aliphatic hydroxyl groups excluding tert-OH is 1. The molecule has 1 aromatic carbocycles. The summed E-state index contributed by atoms with van der Waals surface area (Å²) in [6, 6.07) is 11.3. The van der Waals surface area contributed by atoms with Crippen LogP contribution in [-0.4, -0.2) is 53.7 Å². The van der Waals surface area contributed by atoms with Crippen LogP contribution in [0.4, 0.5) is 5.69 Å². The summed E-state index contributed by atoms with van der Waals surface area (Å²) in [6.07, 6.45) is 4.08. The molecule has 2 amide bonds. The number of amides is 2. The van der Waals surface area contributed by atoms with Crippen molar-refractivity contribution in [3.63, 3.8) is 0 Å². The molecule has 2 unspecified atom stereocenters. The summed E-state index contributed by atoms with van der Waals surface area (Å²) in [5.41, 5.74) is 1.03. The van der Waals surface area contributed by atoms with E-state index in [1.807, 2.05) is 55.5 Å². The van der Waals surface area contributed by atoms with Crippen LogP contribution in [-0.2, 0) is 27.3 Å². The lowest BCUT2D eigenvalue weighted by atomic mass is 9.76. The molecule has 7 nitrogen and oxygen atoms in total. The minimum absolute atomic E-state index is 0.0812. The van der Waals surface area contributed by atoms with Gasteiger partial charge in [-0.1, -0.05) is 24.3 Å². The van der Waals surface area contributed by atoms with Crippen molar-refractivity contribution in [2.24, 2.45) is 11.8 Å². The van der Waals surface area contributed by atoms with Crippen molar-refractivity contribution >= 4 is 17.5 Å². The predicted molar refractivity (Wildman–Crippen MR) is 113 cm³/mol. The van der Waals surface area contributed by atoms with Crippen LogP contribution in [0.5, 0.6) is 0 Å². The van der Waals surface area contributed by atoms with Gasteiger partial charge >= 0.3 is 0 Å². The number of fused-ring (bicyclic) bond motifs is 1. The Balaban J connectivity index is 1.37. The van der Waals surface area contributed by atoms with Gasteiger partial charge in [0.2, 0.25) is 11.8 Å². The second kappa shape index (κ2) is 7.35. The summed E-state index contributed by atoms with van der Waals surface area (Å²) >= 11 is 0. The molecule has 3 aliphatic rings. The van der Waals surface area contributed by atoms with Crippen molar-refractivity contribution in [3.8, 4) is 0 Å². The van der Waals surface area contributed by atoms with Gasteiger partial charge in [-0.25, -0.2) is 0 Å². The van der Waals surface area contributed by atoms with Crippen molar-refractivity contribution in [3.05, 3.63) is 65.6 Å². The topological polar surface area (TPSA) is 83.2 Å². The maximum absolute atomic E-state index is 13.5. The molecule has 0 radical (unpaired) electrons. The number of nitrogens with zero attached hydrogens (tertiary/aromatic N) is 2. The van der Waals surface area contributed by atoms with Gasteiger partial charge in [-0.15, -0.1) is 0 Å². The molecular formula is C24H26N2O5. The molecule has 5 rings (SSSR count). The Hall–Kier alpha value is -2.90. The summed E-state index contributed by atoms with van der Waals surface area (Å²) in [6.45, 7) is 2.70. The fourth-order valence-electron chi connectivity index (χ4n) is 5.11. The highest BCUT2D eigenvalue weighted by molar-refractivity contribution is 6.03. The largest absolute Gasteiger partial charge is 0.464 e. The van der Waals surface area contributed by atoms with Crippen molar-refractivity contribution in [2.75, 3.05) is 25.1 Å². The van der Waals surface area contributed by atoms with Crippen molar-refractivity contribution in [1.82, 2.24) is 4.90 Å². The first-order valence-electron chi connectivity index (χ1n) is 10.6. The Labute approximate surface area is 180 Å². The molecule has 0 saturated carbocycles. The van der Waals surface area contributed by atoms with E-state index in [-0.39, 0.29) is 24.5 Å². The Bertz CT molecular complexity index is 1040. The van der Waals surface area contributed by atoms with Gasteiger partial charge in [0.1, 0.15) is 17.1 Å². The summed E-state index contributed by atoms with van der Waals surface area (Å²) in [5, 5.41) is 9.11. The number of benzene rings is 1. The highest BCUT2D eigenvalue weighted by Crippen LogP contribution is 2.53. The van der Waals surface area contributed by atoms with Crippen LogP contribution in [0.25, 0.3) is 0 Å². The lowest BCUT2D eigenvalue weighted by molar-refractivity contribution is -0.139. The second-order valence-corrected chi connectivity index (χ2v) is 8.67. The van der Waals surface area contributed by atoms with E-state index in [1.54, 1.807) is 16.8 Å². The molecule has 1 N–H and O–H groups in total. The number of carbonyl (C=O) groups excluding carboxylic acids is 2. The summed E-state index contributed by atoms with van der Waals surface area (Å²) < 4.78 is 11.8. The molecule has 2 saturated heterocycles. The Morgan fingerprint density at radius 2 is 2.03 bits per heavy atom. The van der Waals surface area contributed by atoms with Gasteiger partial charge in [-0.2, -0.15) is 0 Å². The first kappa shape index (κ1) is 20.0. The van der Waals surface area contributed by atoms with Gasteiger partial charge in [-0.05, 0) is 43.2 Å². The molecule has 2 fully saturated rings. The van der Waals surface area contributed by atoms with Gasteiger partial charge in [0, 0.05) is 19.3 Å². The van der Waals surface area contributed by atoms with E-state index in [0.29, 0.717) is 25.3 Å². The number of aryl methyl sites for hydroxylation is 1. The van der Waals surface area contributed by atoms with Gasteiger partial charge < -0.3 is 24.1 Å². The molecule has 2 aromatic rings. The first-order chi connectivity index (χ1) is 14.9. The zero-order chi connectivity index (χ0) is 21.8. The third kappa shape index (κ3) is 3.20. The number of carbonyl (C=O) groups is 2. The van der Waals surface area contributed by atoms with Gasteiger partial charge in [0.15, 0.2) is 0 Å². The maximum atomic E-state index is 13.5. The van der Waals surface area contributed by atoms with E-state index < -0.39 is 17.4 Å². The van der Waals surface area contributed by atoms with E-state index in [4.69, 9.17) is 14.3 Å². The molecule has 1 aromatic heterocycles. The van der Waals surface area contributed by atoms with Crippen LogP contribution >= 0.6 is 0 Å². The number of aliphatic hydroxyl groups is 1. The summed E-state index contributed by atoms with van der Waals surface area (Å²) in [5.74, 6) is 0.244. The lowest BCUT2D eigenvalue weighted by Crippen LogP contribution is -2.44. The van der Waals surface area contributed by atoms with Crippen LogP contribution in [0.2, 0.25) is 0 Å². The van der Waals surface area contributed by atoms with E-state index >= 15 is 0 Å². The molecule has 4 heterocycles. The number of rotatable bonds is 6. The van der Waals surface area contributed by atoms with Crippen molar-refractivity contribution in [2.45, 2.75) is 31.6 Å². The third-order valence-electron chi connectivity index (χ3n) is 6.60. The summed E-state index contributed by atoms with van der Waals surface area (Å²) in [4.78, 5) is 30.2. The standard InChI is InChI=1S/C24H26N2O5/c1-15-3-8-18(30-15)13-25(2)22(28)20-19-9-11-24(31-19)14-26(23(29)21(20)24)17-6-4-16(5-7-17)10-12-27/h3-9,11,19-21,27H,10,12-14H2,1-2H3/t19-,20?,21?,24-/m1/s1. The molecule has 4 atom stereocenters. The fourth-order valence-corrected chi connectivity index (χ4v) is 5.11. The number of ether oxygens (including phenoxy) is 1. The zero-order valence-electron chi connectivity index (χ0n) is 17.7. The molecule has 2 bridgehead atoms. The number of furan rings is 1. The minimum atomic E-state index is -0.756. The van der Waals surface area contributed by atoms with Gasteiger partial charge in [-0.3, -0.25) is 9.59 Å². The smallest absolute Gasteiger partial charge is 0.234 e. The molecule has 0 aliphatic carbocycles. The van der Waals surface area contributed by atoms with Crippen LogP contribution in [0, 0.1) is 18.8 Å². The van der Waals surface area contributed by atoms with Crippen LogP contribution in [0.15, 0.2) is 53.0 Å². The molecule has 1 spiro atoms. The fraction of sp³-hybridized carbons (Fsp3) is 0.417. The molecule has 3 aliphatic heterocycles. The first-order valence-corrected chi connectivity index (χ1v) is 10.6. The van der Waals surface area contributed by atoms with Crippen molar-refractivity contribution in [1.29, 1.82) is 0 Å². The maximum Gasteiger partial charge on any atom is 0.234 e. The summed E-state index contributed by atoms with van der Waals surface area (Å²) in [7, 11) is 1.74. The Morgan fingerprint density at radius 3 is 2.71 bits per heavy atom. The van der Waals surface area contributed by atoms with Crippen LogP contribution < -0.4 is 4.90 Å². The predicted octanol–water partition coefficient (Wildman–Crippen LogP) is 2.07. The van der Waals surface area contributed by atoms with Gasteiger partial charge in [0.25, 0.3) is 0 Å². The second-order valence-electron chi connectivity index (χ2n) is 8.67. The van der Waals surface area contributed by atoms with Crippen LogP contribution in [0.1, 0.15) is 17.1 Å². The molecular weight excluding hydrogens is 396 g/mol. The van der Waals surface area contributed by atoms with Crippen molar-refractivity contribution < 1.29 is 23.8 Å². The number of anilines is 1. The van der Waals surface area contributed by atoms with E-state index in [2.05, 4.69) is 0 Å². The average Bonchev–Trinajstić information content (AvgIpc) is 3.50. The van der Waals surface area contributed by atoms with Gasteiger partial charge in [0.05, 0.1) is 31.0 Å². The normalized spacial score (nSPS) is 28.4.